The first kappa shape index (κ1) is 17.1. The van der Waals surface area contributed by atoms with E-state index in [0.29, 0.717) is 24.5 Å². The van der Waals surface area contributed by atoms with Crippen molar-refractivity contribution in [2.24, 2.45) is 0 Å². The van der Waals surface area contributed by atoms with Crippen LogP contribution in [0, 0.1) is 0 Å². The van der Waals surface area contributed by atoms with Crippen LogP contribution in [-0.4, -0.2) is 47.2 Å². The maximum Gasteiger partial charge on any atom is 0.227 e. The number of halogens is 1. The van der Waals surface area contributed by atoms with Gasteiger partial charge in [-0.3, -0.25) is 9.89 Å². The van der Waals surface area contributed by atoms with Crippen LogP contribution in [0.5, 0.6) is 0 Å². The molecule has 7 heteroatoms. The number of aromatic amines is 1. The minimum atomic E-state index is 0.124. The normalized spacial score (nSPS) is 14.7. The number of benzene rings is 1. The lowest BCUT2D eigenvalue weighted by molar-refractivity contribution is -0.130. The number of piperazine rings is 1. The zero-order valence-electron chi connectivity index (χ0n) is 14.2. The van der Waals surface area contributed by atoms with Crippen molar-refractivity contribution in [3.63, 3.8) is 0 Å². The first-order chi connectivity index (χ1) is 12.7. The van der Waals surface area contributed by atoms with Gasteiger partial charge in [-0.2, -0.15) is 5.10 Å². The van der Waals surface area contributed by atoms with Gasteiger partial charge in [-0.05, 0) is 23.1 Å². The van der Waals surface area contributed by atoms with Gasteiger partial charge in [0.05, 0.1) is 17.0 Å². The van der Waals surface area contributed by atoms with Crippen molar-refractivity contribution in [3.05, 3.63) is 58.4 Å². The number of aromatic nitrogens is 2. The third-order valence-electron chi connectivity index (χ3n) is 4.61. The number of nitrogens with zero attached hydrogens (tertiary/aromatic N) is 3. The van der Waals surface area contributed by atoms with Crippen molar-refractivity contribution in [1.82, 2.24) is 15.1 Å². The molecule has 0 radical (unpaired) electrons. The van der Waals surface area contributed by atoms with Gasteiger partial charge in [-0.1, -0.05) is 35.9 Å². The van der Waals surface area contributed by atoms with Crippen LogP contribution >= 0.6 is 22.9 Å². The van der Waals surface area contributed by atoms with Gasteiger partial charge >= 0.3 is 0 Å². The fourth-order valence-corrected chi connectivity index (χ4v) is 4.03. The van der Waals surface area contributed by atoms with E-state index >= 15 is 0 Å². The molecular formula is C19H19ClN4OS. The lowest BCUT2D eigenvalue weighted by Gasteiger charge is -2.34. The van der Waals surface area contributed by atoms with Crippen molar-refractivity contribution in [2.75, 3.05) is 31.1 Å². The fraction of sp³-hybridized carbons (Fsp3) is 0.263. The summed E-state index contributed by atoms with van der Waals surface area (Å²) in [7, 11) is 0. The van der Waals surface area contributed by atoms with Crippen LogP contribution in [-0.2, 0) is 11.2 Å². The molecule has 1 fully saturated rings. The van der Waals surface area contributed by atoms with Crippen LogP contribution in [0.25, 0.3) is 10.6 Å². The molecule has 1 aromatic carbocycles. The summed E-state index contributed by atoms with van der Waals surface area (Å²) in [5.74, 6) is 1.06. The molecule has 1 N–H and O–H groups in total. The summed E-state index contributed by atoms with van der Waals surface area (Å²) >= 11 is 7.85. The van der Waals surface area contributed by atoms with E-state index in [-0.39, 0.29) is 5.91 Å². The van der Waals surface area contributed by atoms with E-state index in [1.54, 1.807) is 11.3 Å². The number of nitrogens with one attached hydrogen (secondary N) is 1. The number of rotatable bonds is 4. The molecule has 3 heterocycles. The number of thiophene rings is 1. The van der Waals surface area contributed by atoms with E-state index < -0.39 is 0 Å². The van der Waals surface area contributed by atoms with Crippen molar-refractivity contribution in [1.29, 1.82) is 0 Å². The third-order valence-corrected chi connectivity index (χ3v) is 5.88. The molecule has 2 aromatic heterocycles. The van der Waals surface area contributed by atoms with Gasteiger partial charge in [0, 0.05) is 37.3 Å². The number of carbonyl (C=O) groups is 1. The molecule has 0 bridgehead atoms. The Labute approximate surface area is 161 Å². The number of hydrogen-bond donors (Lipinski definition) is 1. The topological polar surface area (TPSA) is 52.2 Å². The highest BCUT2D eigenvalue weighted by molar-refractivity contribution is 7.13. The molecule has 1 aliphatic heterocycles. The van der Waals surface area contributed by atoms with E-state index in [2.05, 4.69) is 32.6 Å². The molecule has 0 saturated carbocycles. The summed E-state index contributed by atoms with van der Waals surface area (Å²) in [4.78, 5) is 17.9. The van der Waals surface area contributed by atoms with Crippen molar-refractivity contribution in [3.8, 4) is 10.6 Å². The lowest BCUT2D eigenvalue weighted by Crippen LogP contribution is -2.49. The molecule has 0 spiro atoms. The first-order valence-electron chi connectivity index (χ1n) is 8.56. The maximum absolute atomic E-state index is 12.6. The molecule has 134 valence electrons. The quantitative estimate of drug-likeness (QED) is 0.744. The number of H-pyrrole nitrogens is 1. The second-order valence-electron chi connectivity index (χ2n) is 6.25. The van der Waals surface area contributed by atoms with Crippen LogP contribution in [0.4, 0.5) is 5.82 Å². The molecule has 0 atom stereocenters. The van der Waals surface area contributed by atoms with E-state index in [4.69, 9.17) is 11.6 Å². The van der Waals surface area contributed by atoms with Gasteiger partial charge in [0.1, 0.15) is 0 Å². The Morgan fingerprint density at radius 1 is 1.15 bits per heavy atom. The van der Waals surface area contributed by atoms with Gasteiger partial charge in [0.15, 0.2) is 5.82 Å². The summed E-state index contributed by atoms with van der Waals surface area (Å²) < 4.78 is 0. The fourth-order valence-electron chi connectivity index (χ4n) is 3.13. The molecule has 26 heavy (non-hydrogen) atoms. The van der Waals surface area contributed by atoms with E-state index in [0.717, 1.165) is 30.2 Å². The van der Waals surface area contributed by atoms with Gasteiger partial charge in [0.2, 0.25) is 5.91 Å². The smallest absolute Gasteiger partial charge is 0.227 e. The van der Waals surface area contributed by atoms with Crippen LogP contribution in [0.3, 0.4) is 0 Å². The summed E-state index contributed by atoms with van der Waals surface area (Å²) in [6, 6.07) is 13.7. The van der Waals surface area contributed by atoms with Gasteiger partial charge < -0.3 is 9.80 Å². The minimum absolute atomic E-state index is 0.124. The highest BCUT2D eigenvalue weighted by Gasteiger charge is 2.23. The Morgan fingerprint density at radius 3 is 2.69 bits per heavy atom. The minimum Gasteiger partial charge on any atom is -0.352 e. The SMILES string of the molecule is O=C(Cc1ccccc1Cl)N1CCN(c2cc(-c3cccs3)[nH]n2)CC1. The average Bonchev–Trinajstić information content (AvgIpc) is 3.35. The van der Waals surface area contributed by atoms with Gasteiger partial charge in [-0.15, -0.1) is 11.3 Å². The van der Waals surface area contributed by atoms with Crippen LogP contribution in [0.1, 0.15) is 5.56 Å². The van der Waals surface area contributed by atoms with Crippen molar-refractivity contribution in [2.45, 2.75) is 6.42 Å². The molecule has 1 amide bonds. The maximum atomic E-state index is 12.6. The average molecular weight is 387 g/mol. The third kappa shape index (κ3) is 3.61. The predicted octanol–water partition coefficient (Wildman–Crippen LogP) is 3.68. The molecule has 0 aliphatic carbocycles. The molecular weight excluding hydrogens is 368 g/mol. The van der Waals surface area contributed by atoms with Crippen LogP contribution in [0.2, 0.25) is 5.02 Å². The molecule has 0 unspecified atom stereocenters. The van der Waals surface area contributed by atoms with E-state index in [9.17, 15) is 4.79 Å². The van der Waals surface area contributed by atoms with E-state index in [1.165, 1.54) is 4.88 Å². The highest BCUT2D eigenvalue weighted by Crippen LogP contribution is 2.26. The highest BCUT2D eigenvalue weighted by atomic mass is 35.5. The number of amides is 1. The molecule has 3 aromatic rings. The number of carbonyl (C=O) groups excluding carboxylic acids is 1. The Morgan fingerprint density at radius 2 is 1.96 bits per heavy atom. The Bertz CT molecular complexity index is 885. The molecule has 4 rings (SSSR count). The van der Waals surface area contributed by atoms with E-state index in [1.807, 2.05) is 35.2 Å². The summed E-state index contributed by atoms with van der Waals surface area (Å²) in [6.45, 7) is 2.96. The number of hydrogen-bond acceptors (Lipinski definition) is 4. The summed E-state index contributed by atoms with van der Waals surface area (Å²) in [6.07, 6.45) is 0.352. The standard InChI is InChI=1S/C19H19ClN4OS/c20-15-5-2-1-4-14(15)12-19(25)24-9-7-23(8-10-24)18-13-16(21-22-18)17-6-3-11-26-17/h1-6,11,13H,7-10,12H2,(H,21,22). The Kier molecular flexibility index (Phi) is 4.95. The second kappa shape index (κ2) is 7.51. The first-order valence-corrected chi connectivity index (χ1v) is 9.82. The van der Waals surface area contributed by atoms with Crippen molar-refractivity contribution >= 4 is 34.7 Å². The Hall–Kier alpha value is -2.31. The summed E-state index contributed by atoms with van der Waals surface area (Å²) in [5, 5.41) is 10.2. The molecule has 5 nitrogen and oxygen atoms in total. The lowest BCUT2D eigenvalue weighted by atomic mass is 10.1. The second-order valence-corrected chi connectivity index (χ2v) is 7.61. The van der Waals surface area contributed by atoms with Gasteiger partial charge in [-0.25, -0.2) is 0 Å². The largest absolute Gasteiger partial charge is 0.352 e. The molecule has 1 saturated heterocycles. The monoisotopic (exact) mass is 386 g/mol. The Balaban J connectivity index is 1.35. The molecule has 1 aliphatic rings. The predicted molar refractivity (Wildman–Crippen MR) is 106 cm³/mol. The number of anilines is 1. The van der Waals surface area contributed by atoms with Crippen molar-refractivity contribution < 1.29 is 4.79 Å². The van der Waals surface area contributed by atoms with Crippen LogP contribution < -0.4 is 4.90 Å². The van der Waals surface area contributed by atoms with Crippen LogP contribution in [0.15, 0.2) is 47.8 Å². The zero-order chi connectivity index (χ0) is 17.9. The summed E-state index contributed by atoms with van der Waals surface area (Å²) in [5.41, 5.74) is 1.92. The van der Waals surface area contributed by atoms with Gasteiger partial charge in [0.25, 0.3) is 0 Å². The zero-order valence-corrected chi connectivity index (χ0v) is 15.8.